The van der Waals surface area contributed by atoms with E-state index in [-0.39, 0.29) is 23.3 Å². The van der Waals surface area contributed by atoms with Crippen molar-refractivity contribution in [3.05, 3.63) is 47.1 Å². The summed E-state index contributed by atoms with van der Waals surface area (Å²) in [7, 11) is 0. The number of amides is 2. The Morgan fingerprint density at radius 3 is 2.36 bits per heavy atom. The van der Waals surface area contributed by atoms with Gasteiger partial charge in [-0.3, -0.25) is 9.59 Å². The van der Waals surface area contributed by atoms with Crippen LogP contribution in [0.5, 0.6) is 0 Å². The van der Waals surface area contributed by atoms with E-state index in [9.17, 15) is 9.59 Å². The molecule has 6 nitrogen and oxygen atoms in total. The molecule has 0 bridgehead atoms. The Balaban J connectivity index is 1.38. The molecule has 28 heavy (non-hydrogen) atoms. The van der Waals surface area contributed by atoms with E-state index < -0.39 is 0 Å². The molecule has 0 atom stereocenters. The lowest BCUT2D eigenvalue weighted by Gasteiger charge is -2.27. The number of benzene rings is 1. The number of aromatic nitrogens is 1. The molecule has 1 fully saturated rings. The zero-order chi connectivity index (χ0) is 19.8. The van der Waals surface area contributed by atoms with Crippen LogP contribution in [-0.2, 0) is 9.59 Å². The molecule has 0 aliphatic carbocycles. The average Bonchev–Trinajstić information content (AvgIpc) is 2.69. The molecule has 3 rings (SSSR count). The molecule has 2 N–H and O–H groups in total. The Labute approximate surface area is 177 Å². The van der Waals surface area contributed by atoms with Gasteiger partial charge in [0.15, 0.2) is 0 Å². The van der Waals surface area contributed by atoms with E-state index in [1.165, 1.54) is 31.0 Å². The van der Waals surface area contributed by atoms with Crippen molar-refractivity contribution in [1.29, 1.82) is 0 Å². The maximum absolute atomic E-state index is 12.1. The van der Waals surface area contributed by atoms with E-state index >= 15 is 0 Å². The van der Waals surface area contributed by atoms with Crippen LogP contribution >= 0.6 is 27.7 Å². The Morgan fingerprint density at radius 1 is 1.00 bits per heavy atom. The fraction of sp³-hybridized carbons (Fsp3) is 0.350. The Bertz CT molecular complexity index is 810. The number of carbonyl (C=O) groups excluding carboxylic acids is 2. The molecule has 0 spiro atoms. The van der Waals surface area contributed by atoms with Gasteiger partial charge in [0.25, 0.3) is 0 Å². The second-order valence-electron chi connectivity index (χ2n) is 6.55. The molecule has 2 amide bonds. The van der Waals surface area contributed by atoms with Crippen LogP contribution in [0.25, 0.3) is 0 Å². The van der Waals surface area contributed by atoms with Gasteiger partial charge < -0.3 is 15.5 Å². The van der Waals surface area contributed by atoms with Crippen LogP contribution in [0.2, 0.25) is 0 Å². The lowest BCUT2D eigenvalue weighted by molar-refractivity contribution is -0.114. The van der Waals surface area contributed by atoms with Gasteiger partial charge in [0.05, 0.1) is 23.4 Å². The molecule has 1 aromatic carbocycles. The predicted molar refractivity (Wildman–Crippen MR) is 119 cm³/mol. The summed E-state index contributed by atoms with van der Waals surface area (Å²) in [5, 5.41) is 5.63. The maximum Gasteiger partial charge on any atom is 0.234 e. The summed E-state index contributed by atoms with van der Waals surface area (Å²) in [6, 6.07) is 11.2. The first-order chi connectivity index (χ1) is 13.6. The summed E-state index contributed by atoms with van der Waals surface area (Å²) in [6.45, 7) is 2.08. The van der Waals surface area contributed by atoms with Gasteiger partial charge in [-0.2, -0.15) is 0 Å². The summed E-state index contributed by atoms with van der Waals surface area (Å²) in [5.74, 6) is 1.10. The SMILES string of the molecule is O=C(CSCC(=O)Nc1cccc(Br)c1)Nc1ccc(N2CCCCC2)nc1. The van der Waals surface area contributed by atoms with Gasteiger partial charge >= 0.3 is 0 Å². The maximum atomic E-state index is 12.1. The fourth-order valence-corrected chi connectivity index (χ4v) is 3.98. The van der Waals surface area contributed by atoms with Crippen molar-refractivity contribution in [3.8, 4) is 0 Å². The van der Waals surface area contributed by atoms with Crippen molar-refractivity contribution in [2.45, 2.75) is 19.3 Å². The first kappa shape index (κ1) is 20.7. The molecule has 148 valence electrons. The van der Waals surface area contributed by atoms with Gasteiger partial charge in [0.1, 0.15) is 5.82 Å². The van der Waals surface area contributed by atoms with E-state index in [1.807, 2.05) is 36.4 Å². The van der Waals surface area contributed by atoms with Crippen LogP contribution in [-0.4, -0.2) is 41.4 Å². The van der Waals surface area contributed by atoms with Gasteiger partial charge in [0, 0.05) is 23.2 Å². The average molecular weight is 463 g/mol. The normalized spacial score (nSPS) is 13.8. The van der Waals surface area contributed by atoms with Crippen LogP contribution in [0, 0.1) is 0 Å². The Kier molecular flexibility index (Phi) is 7.73. The number of hydrogen-bond donors (Lipinski definition) is 2. The predicted octanol–water partition coefficient (Wildman–Crippen LogP) is 4.14. The number of hydrogen-bond acceptors (Lipinski definition) is 5. The number of piperidine rings is 1. The monoisotopic (exact) mass is 462 g/mol. The molecule has 0 saturated carbocycles. The third kappa shape index (κ3) is 6.53. The molecule has 1 aliphatic heterocycles. The molecule has 2 aromatic rings. The summed E-state index contributed by atoms with van der Waals surface area (Å²) < 4.78 is 0.900. The molecule has 2 heterocycles. The largest absolute Gasteiger partial charge is 0.357 e. The van der Waals surface area contributed by atoms with Crippen LogP contribution in [0.4, 0.5) is 17.2 Å². The number of nitrogens with zero attached hydrogens (tertiary/aromatic N) is 2. The molecule has 8 heteroatoms. The van der Waals surface area contributed by atoms with Crippen molar-refractivity contribution in [2.24, 2.45) is 0 Å². The van der Waals surface area contributed by atoms with E-state index in [0.29, 0.717) is 5.69 Å². The minimum atomic E-state index is -0.146. The Morgan fingerprint density at radius 2 is 1.71 bits per heavy atom. The third-order valence-corrected chi connectivity index (χ3v) is 5.71. The summed E-state index contributed by atoms with van der Waals surface area (Å²) in [4.78, 5) is 30.8. The van der Waals surface area contributed by atoms with E-state index in [2.05, 4.69) is 36.4 Å². The number of thioether (sulfide) groups is 1. The molecule has 1 aliphatic rings. The van der Waals surface area contributed by atoms with Gasteiger partial charge in [-0.1, -0.05) is 22.0 Å². The topological polar surface area (TPSA) is 74.3 Å². The van der Waals surface area contributed by atoms with Crippen molar-refractivity contribution in [3.63, 3.8) is 0 Å². The van der Waals surface area contributed by atoms with E-state index in [1.54, 1.807) is 6.20 Å². The van der Waals surface area contributed by atoms with Crippen molar-refractivity contribution in [1.82, 2.24) is 4.98 Å². The lowest BCUT2D eigenvalue weighted by atomic mass is 10.1. The van der Waals surface area contributed by atoms with Crippen molar-refractivity contribution in [2.75, 3.05) is 40.1 Å². The number of anilines is 3. The third-order valence-electron chi connectivity index (χ3n) is 4.29. The van der Waals surface area contributed by atoms with Gasteiger partial charge in [-0.15, -0.1) is 11.8 Å². The van der Waals surface area contributed by atoms with Gasteiger partial charge in [-0.25, -0.2) is 4.98 Å². The van der Waals surface area contributed by atoms with Crippen molar-refractivity contribution >= 4 is 56.7 Å². The second-order valence-corrected chi connectivity index (χ2v) is 8.45. The first-order valence-electron chi connectivity index (χ1n) is 9.24. The van der Waals surface area contributed by atoms with Gasteiger partial charge in [0.2, 0.25) is 11.8 Å². The number of halogens is 1. The minimum Gasteiger partial charge on any atom is -0.357 e. The van der Waals surface area contributed by atoms with Crippen LogP contribution in [0.15, 0.2) is 47.1 Å². The highest BCUT2D eigenvalue weighted by Gasteiger charge is 2.12. The summed E-state index contributed by atoms with van der Waals surface area (Å²) >= 11 is 4.64. The highest BCUT2D eigenvalue weighted by atomic mass is 79.9. The smallest absolute Gasteiger partial charge is 0.234 e. The van der Waals surface area contributed by atoms with Crippen LogP contribution in [0.1, 0.15) is 19.3 Å². The molecule has 0 unspecified atom stereocenters. The van der Waals surface area contributed by atoms with Crippen molar-refractivity contribution < 1.29 is 9.59 Å². The number of nitrogens with one attached hydrogen (secondary N) is 2. The number of carbonyl (C=O) groups is 2. The molecular weight excluding hydrogens is 440 g/mol. The summed E-state index contributed by atoms with van der Waals surface area (Å²) in [5.41, 5.74) is 1.40. The highest BCUT2D eigenvalue weighted by Crippen LogP contribution is 2.19. The fourth-order valence-electron chi connectivity index (χ4n) is 2.97. The van der Waals surface area contributed by atoms with Crippen LogP contribution in [0.3, 0.4) is 0 Å². The number of rotatable bonds is 7. The minimum absolute atomic E-state index is 0.136. The first-order valence-corrected chi connectivity index (χ1v) is 11.2. The molecule has 1 aromatic heterocycles. The van der Waals surface area contributed by atoms with Crippen LogP contribution < -0.4 is 15.5 Å². The zero-order valence-corrected chi connectivity index (χ0v) is 17.9. The van der Waals surface area contributed by atoms with E-state index in [4.69, 9.17) is 0 Å². The second kappa shape index (κ2) is 10.5. The van der Waals surface area contributed by atoms with E-state index in [0.717, 1.165) is 29.1 Å². The lowest BCUT2D eigenvalue weighted by Crippen LogP contribution is -2.30. The highest BCUT2D eigenvalue weighted by molar-refractivity contribution is 9.10. The summed E-state index contributed by atoms with van der Waals surface area (Å²) in [6.07, 6.45) is 5.37. The van der Waals surface area contributed by atoms with Gasteiger partial charge in [-0.05, 0) is 49.6 Å². The molecular formula is C20H23BrN4O2S. The quantitative estimate of drug-likeness (QED) is 0.646. The zero-order valence-electron chi connectivity index (χ0n) is 15.5. The number of pyridine rings is 1. The molecule has 0 radical (unpaired) electrons. The molecule has 1 saturated heterocycles. The standard InChI is InChI=1S/C20H23BrN4O2S/c21-15-5-4-6-16(11-15)23-19(26)13-28-14-20(27)24-17-7-8-18(22-12-17)25-9-2-1-3-10-25/h4-8,11-12H,1-3,9-10,13-14H2,(H,23,26)(H,24,27). The Hall–Kier alpha value is -2.06.